The monoisotopic (exact) mass is 545 g/mol. The zero-order chi connectivity index (χ0) is 24.5. The van der Waals surface area contributed by atoms with Crippen molar-refractivity contribution in [3.8, 4) is 17.2 Å². The van der Waals surface area contributed by atoms with E-state index < -0.39 is 11.8 Å². The van der Waals surface area contributed by atoms with Gasteiger partial charge in [-0.15, -0.1) is 0 Å². The van der Waals surface area contributed by atoms with Crippen LogP contribution in [0.5, 0.6) is 17.2 Å². The maximum absolute atomic E-state index is 12.2. The molecule has 3 aromatic carbocycles. The Bertz CT molecular complexity index is 1200. The normalized spacial score (nSPS) is 10.6. The number of carbonyl (C=O) groups excluding carboxylic acids is 2. The smallest absolute Gasteiger partial charge is 0.329 e. The van der Waals surface area contributed by atoms with Crippen molar-refractivity contribution in [2.45, 2.75) is 6.61 Å². The zero-order valence-electron chi connectivity index (χ0n) is 18.3. The molecule has 8 nitrogen and oxygen atoms in total. The third-order valence-electron chi connectivity index (χ3n) is 4.47. The van der Waals surface area contributed by atoms with Gasteiger partial charge in [-0.3, -0.25) is 9.59 Å². The van der Waals surface area contributed by atoms with Gasteiger partial charge in [-0.1, -0.05) is 41.9 Å². The number of hydrogen-bond donors (Lipinski definition) is 2. The second kappa shape index (κ2) is 12.1. The summed E-state index contributed by atoms with van der Waals surface area (Å²) in [5.74, 6) is -0.528. The number of ether oxygens (including phenoxy) is 3. The van der Waals surface area contributed by atoms with Crippen molar-refractivity contribution in [3.63, 3.8) is 0 Å². The molecule has 0 saturated heterocycles. The van der Waals surface area contributed by atoms with Crippen LogP contribution >= 0.6 is 27.5 Å². The fraction of sp³-hybridized carbons (Fsp3) is 0.125. The summed E-state index contributed by atoms with van der Waals surface area (Å²) < 4.78 is 17.1. The summed E-state index contributed by atoms with van der Waals surface area (Å²) in [5.41, 5.74) is 4.06. The van der Waals surface area contributed by atoms with E-state index >= 15 is 0 Å². The minimum Gasteiger partial charge on any atom is -0.495 e. The van der Waals surface area contributed by atoms with E-state index in [2.05, 4.69) is 31.8 Å². The van der Waals surface area contributed by atoms with E-state index in [0.717, 1.165) is 5.56 Å². The molecule has 0 fully saturated rings. The summed E-state index contributed by atoms with van der Waals surface area (Å²) in [6.45, 7) is 0.367. The van der Waals surface area contributed by atoms with Gasteiger partial charge in [0.15, 0.2) is 11.5 Å². The number of methoxy groups -OCH3 is 2. The highest BCUT2D eigenvalue weighted by Gasteiger charge is 2.16. The molecule has 0 unspecified atom stereocenters. The van der Waals surface area contributed by atoms with Crippen molar-refractivity contribution >= 4 is 51.2 Å². The molecule has 2 N–H and O–H groups in total. The second-order valence-corrected chi connectivity index (χ2v) is 8.10. The number of carbonyl (C=O) groups is 2. The van der Waals surface area contributed by atoms with Crippen LogP contribution in [0, 0.1) is 0 Å². The van der Waals surface area contributed by atoms with Gasteiger partial charge in [0.25, 0.3) is 0 Å². The maximum Gasteiger partial charge on any atom is 0.329 e. The number of nitrogens with one attached hydrogen (secondary N) is 2. The van der Waals surface area contributed by atoms with Crippen LogP contribution < -0.4 is 25.0 Å². The summed E-state index contributed by atoms with van der Waals surface area (Å²) in [6, 6.07) is 17.8. The molecular formula is C24H21BrClN3O5. The van der Waals surface area contributed by atoms with E-state index in [0.29, 0.717) is 38.9 Å². The fourth-order valence-corrected chi connectivity index (χ4v) is 3.60. The average Bonchev–Trinajstić information content (AvgIpc) is 2.83. The van der Waals surface area contributed by atoms with Crippen LogP contribution in [0.15, 0.2) is 70.2 Å². The van der Waals surface area contributed by atoms with E-state index in [-0.39, 0.29) is 5.69 Å². The lowest BCUT2D eigenvalue weighted by atomic mass is 10.2. The molecule has 0 saturated carbocycles. The highest BCUT2D eigenvalue weighted by Crippen LogP contribution is 2.36. The van der Waals surface area contributed by atoms with Crippen molar-refractivity contribution in [3.05, 3.63) is 81.3 Å². The standard InChI is InChI=1S/C24H21BrClN3O5/c1-32-20-9-8-17(26)12-19(20)28-23(30)24(31)29-27-13-16-10-18(25)22(21(11-16)33-2)34-14-15-6-4-3-5-7-15/h3-13H,14H2,1-2H3,(H,28,30)(H,29,31). The summed E-state index contributed by atoms with van der Waals surface area (Å²) >= 11 is 9.41. The highest BCUT2D eigenvalue weighted by molar-refractivity contribution is 9.10. The molecule has 0 bridgehead atoms. The zero-order valence-corrected chi connectivity index (χ0v) is 20.6. The van der Waals surface area contributed by atoms with Crippen molar-refractivity contribution in [2.75, 3.05) is 19.5 Å². The number of halogens is 2. The largest absolute Gasteiger partial charge is 0.495 e. The van der Waals surface area contributed by atoms with Crippen molar-refractivity contribution in [1.29, 1.82) is 0 Å². The van der Waals surface area contributed by atoms with Gasteiger partial charge >= 0.3 is 11.8 Å². The van der Waals surface area contributed by atoms with Crippen molar-refractivity contribution in [2.24, 2.45) is 5.10 Å². The molecule has 0 aliphatic carbocycles. The summed E-state index contributed by atoms with van der Waals surface area (Å²) in [5, 5.41) is 6.66. The lowest BCUT2D eigenvalue weighted by Gasteiger charge is -2.13. The fourth-order valence-electron chi connectivity index (χ4n) is 2.86. The van der Waals surface area contributed by atoms with Gasteiger partial charge in [-0.2, -0.15) is 5.10 Å². The van der Waals surface area contributed by atoms with Gasteiger partial charge in [-0.05, 0) is 57.4 Å². The topological polar surface area (TPSA) is 98.2 Å². The minimum atomic E-state index is -0.966. The third kappa shape index (κ3) is 6.72. The molecule has 0 aromatic heterocycles. The molecule has 3 rings (SSSR count). The molecule has 0 heterocycles. The van der Waals surface area contributed by atoms with Crippen LogP contribution in [-0.4, -0.2) is 32.2 Å². The average molecular weight is 547 g/mol. The molecule has 0 atom stereocenters. The van der Waals surface area contributed by atoms with E-state index in [1.807, 2.05) is 30.3 Å². The van der Waals surface area contributed by atoms with Crippen LogP contribution in [-0.2, 0) is 16.2 Å². The highest BCUT2D eigenvalue weighted by atomic mass is 79.9. The number of hydrogen-bond acceptors (Lipinski definition) is 6. The molecule has 3 aromatic rings. The number of benzene rings is 3. The Balaban J connectivity index is 1.63. The lowest BCUT2D eigenvalue weighted by Crippen LogP contribution is -2.32. The first-order chi connectivity index (χ1) is 16.4. The molecular weight excluding hydrogens is 526 g/mol. The van der Waals surface area contributed by atoms with E-state index in [4.69, 9.17) is 25.8 Å². The van der Waals surface area contributed by atoms with Gasteiger partial charge in [0.1, 0.15) is 12.4 Å². The van der Waals surface area contributed by atoms with Gasteiger partial charge in [-0.25, -0.2) is 5.43 Å². The number of rotatable bonds is 8. The first kappa shape index (κ1) is 25.1. The molecule has 2 amide bonds. The Hall–Kier alpha value is -3.56. The Labute approximate surface area is 210 Å². The van der Waals surface area contributed by atoms with E-state index in [9.17, 15) is 9.59 Å². The molecule has 0 spiro atoms. The number of anilines is 1. The Morgan fingerprint density at radius 2 is 1.74 bits per heavy atom. The maximum atomic E-state index is 12.2. The molecule has 10 heteroatoms. The summed E-state index contributed by atoms with van der Waals surface area (Å²) in [4.78, 5) is 24.3. The minimum absolute atomic E-state index is 0.263. The van der Waals surface area contributed by atoms with Crippen molar-refractivity contribution < 1.29 is 23.8 Å². The quantitative estimate of drug-likeness (QED) is 0.241. The Morgan fingerprint density at radius 1 is 1.00 bits per heavy atom. The summed E-state index contributed by atoms with van der Waals surface area (Å²) in [6.07, 6.45) is 1.37. The SMILES string of the molecule is COc1ccc(Cl)cc1NC(=O)C(=O)NN=Cc1cc(Br)c(OCc2ccccc2)c(OC)c1. The molecule has 34 heavy (non-hydrogen) atoms. The first-order valence-corrected chi connectivity index (χ1v) is 11.1. The van der Waals surface area contributed by atoms with Gasteiger partial charge in [0, 0.05) is 5.02 Å². The van der Waals surface area contributed by atoms with Gasteiger partial charge in [0.05, 0.1) is 30.6 Å². The van der Waals surface area contributed by atoms with Crippen LogP contribution in [0.3, 0.4) is 0 Å². The first-order valence-electron chi connectivity index (χ1n) is 9.93. The van der Waals surface area contributed by atoms with Crippen LogP contribution in [0.4, 0.5) is 5.69 Å². The van der Waals surface area contributed by atoms with E-state index in [1.165, 1.54) is 26.5 Å². The van der Waals surface area contributed by atoms with E-state index in [1.54, 1.807) is 24.3 Å². The van der Waals surface area contributed by atoms with Gasteiger partial charge < -0.3 is 19.5 Å². The number of amides is 2. The predicted molar refractivity (Wildman–Crippen MR) is 134 cm³/mol. The second-order valence-electron chi connectivity index (χ2n) is 6.81. The van der Waals surface area contributed by atoms with Crippen LogP contribution in [0.2, 0.25) is 5.02 Å². The lowest BCUT2D eigenvalue weighted by molar-refractivity contribution is -0.136. The predicted octanol–water partition coefficient (Wildman–Crippen LogP) is 4.79. The molecule has 0 radical (unpaired) electrons. The molecule has 0 aliphatic rings. The summed E-state index contributed by atoms with van der Waals surface area (Å²) in [7, 11) is 2.96. The third-order valence-corrected chi connectivity index (χ3v) is 5.30. The Morgan fingerprint density at radius 3 is 2.44 bits per heavy atom. The molecule has 0 aliphatic heterocycles. The number of hydrazone groups is 1. The van der Waals surface area contributed by atoms with Gasteiger partial charge in [0.2, 0.25) is 0 Å². The van der Waals surface area contributed by atoms with Crippen molar-refractivity contribution in [1.82, 2.24) is 5.43 Å². The molecule has 176 valence electrons. The Kier molecular flexibility index (Phi) is 8.89. The van der Waals surface area contributed by atoms with Crippen LogP contribution in [0.1, 0.15) is 11.1 Å². The number of nitrogens with zero attached hydrogens (tertiary/aromatic N) is 1. The van der Waals surface area contributed by atoms with Crippen LogP contribution in [0.25, 0.3) is 0 Å².